The average Bonchev–Trinajstić information content (AvgIpc) is 2.73. The molecule has 0 radical (unpaired) electrons. The Morgan fingerprint density at radius 3 is 2.50 bits per heavy atom. The van der Waals surface area contributed by atoms with Crippen LogP contribution in [0, 0.1) is 0 Å². The second kappa shape index (κ2) is 8.57. The van der Waals surface area contributed by atoms with Crippen LogP contribution in [-0.2, 0) is 22.6 Å². The Balaban J connectivity index is 1.93. The van der Waals surface area contributed by atoms with Crippen LogP contribution in [0.1, 0.15) is 36.6 Å². The normalized spacial score (nSPS) is 13.2. The van der Waals surface area contributed by atoms with E-state index in [9.17, 15) is 21.6 Å². The lowest BCUT2D eigenvalue weighted by atomic mass is 9.97. The minimum absolute atomic E-state index is 0.638. The smallest absolute Gasteiger partial charge is 0.264 e. The van der Waals surface area contributed by atoms with Crippen molar-refractivity contribution < 1.29 is 21.6 Å². The van der Waals surface area contributed by atoms with Crippen LogP contribution in [0.2, 0.25) is 0 Å². The van der Waals surface area contributed by atoms with Crippen molar-refractivity contribution in [3.05, 3.63) is 83.7 Å². The standard InChI is InChI=1S/C22H21F3N2O2S/c1-3-16-14-26-12-11-19(16)18-8-6-7-17(13-18)15(2)27-30(28,29)21-10-5-4-9-20(21)22(23,24)25/h4-15,27H,3H2,1-2H3/t15-/m0/s1. The van der Waals surface area contributed by atoms with Crippen molar-refractivity contribution in [2.45, 2.75) is 37.4 Å². The number of aromatic nitrogens is 1. The van der Waals surface area contributed by atoms with Gasteiger partial charge in [0, 0.05) is 18.4 Å². The Hall–Kier alpha value is -2.71. The highest BCUT2D eigenvalue weighted by atomic mass is 32.2. The summed E-state index contributed by atoms with van der Waals surface area (Å²) < 4.78 is 67.6. The van der Waals surface area contributed by atoms with E-state index in [-0.39, 0.29) is 0 Å². The molecule has 3 rings (SSSR count). The van der Waals surface area contributed by atoms with Gasteiger partial charge in [-0.15, -0.1) is 0 Å². The average molecular weight is 434 g/mol. The fraction of sp³-hybridized carbons (Fsp3) is 0.227. The summed E-state index contributed by atoms with van der Waals surface area (Å²) in [7, 11) is -4.39. The molecule has 0 fully saturated rings. The van der Waals surface area contributed by atoms with Gasteiger partial charge < -0.3 is 0 Å². The Kier molecular flexibility index (Phi) is 6.28. The topological polar surface area (TPSA) is 59.1 Å². The quantitative estimate of drug-likeness (QED) is 0.568. The number of benzene rings is 2. The first kappa shape index (κ1) is 22.0. The van der Waals surface area contributed by atoms with Crippen molar-refractivity contribution in [3.63, 3.8) is 0 Å². The van der Waals surface area contributed by atoms with Gasteiger partial charge in [0.2, 0.25) is 10.0 Å². The van der Waals surface area contributed by atoms with Gasteiger partial charge in [-0.1, -0.05) is 37.3 Å². The predicted molar refractivity (Wildman–Crippen MR) is 109 cm³/mol. The summed E-state index contributed by atoms with van der Waals surface area (Å²) in [5.74, 6) is 0. The highest BCUT2D eigenvalue weighted by Crippen LogP contribution is 2.34. The molecule has 0 aliphatic carbocycles. The molecule has 1 atom stereocenters. The van der Waals surface area contributed by atoms with Crippen molar-refractivity contribution in [2.24, 2.45) is 0 Å². The molecular formula is C22H21F3N2O2S. The zero-order valence-corrected chi connectivity index (χ0v) is 17.3. The second-order valence-electron chi connectivity index (χ2n) is 6.85. The van der Waals surface area contributed by atoms with E-state index in [1.54, 1.807) is 31.5 Å². The molecule has 0 unspecified atom stereocenters. The molecule has 0 bridgehead atoms. The van der Waals surface area contributed by atoms with Crippen molar-refractivity contribution in [2.75, 3.05) is 0 Å². The van der Waals surface area contributed by atoms with Crippen LogP contribution in [0.3, 0.4) is 0 Å². The van der Waals surface area contributed by atoms with E-state index < -0.39 is 32.7 Å². The molecule has 1 N–H and O–H groups in total. The third kappa shape index (κ3) is 4.71. The van der Waals surface area contributed by atoms with Gasteiger partial charge in [0.1, 0.15) is 0 Å². The van der Waals surface area contributed by atoms with Crippen molar-refractivity contribution in [1.29, 1.82) is 0 Å². The molecule has 0 aliphatic rings. The molecule has 30 heavy (non-hydrogen) atoms. The first-order valence-electron chi connectivity index (χ1n) is 9.35. The fourth-order valence-electron chi connectivity index (χ4n) is 3.27. The van der Waals surface area contributed by atoms with Gasteiger partial charge in [-0.25, -0.2) is 13.1 Å². The van der Waals surface area contributed by atoms with Gasteiger partial charge >= 0.3 is 6.18 Å². The number of alkyl halides is 3. The Bertz CT molecular complexity index is 1140. The van der Waals surface area contributed by atoms with Crippen LogP contribution in [-0.4, -0.2) is 13.4 Å². The Morgan fingerprint density at radius 2 is 1.80 bits per heavy atom. The maximum Gasteiger partial charge on any atom is 0.417 e. The number of nitrogens with one attached hydrogen (secondary N) is 1. The van der Waals surface area contributed by atoms with Crippen LogP contribution < -0.4 is 4.72 Å². The number of hydrogen-bond donors (Lipinski definition) is 1. The molecule has 0 aliphatic heterocycles. The van der Waals surface area contributed by atoms with Crippen molar-refractivity contribution in [3.8, 4) is 11.1 Å². The summed E-state index contributed by atoms with van der Waals surface area (Å²) in [6, 6.07) is 12.6. The summed E-state index contributed by atoms with van der Waals surface area (Å²) >= 11 is 0. The van der Waals surface area contributed by atoms with E-state index in [2.05, 4.69) is 9.71 Å². The first-order chi connectivity index (χ1) is 14.1. The van der Waals surface area contributed by atoms with Crippen LogP contribution in [0.15, 0.2) is 71.9 Å². The molecule has 0 spiro atoms. The summed E-state index contributed by atoms with van der Waals surface area (Å²) in [4.78, 5) is 3.34. The van der Waals surface area contributed by atoms with Crippen LogP contribution >= 0.6 is 0 Å². The fourth-order valence-corrected chi connectivity index (χ4v) is 4.72. The highest BCUT2D eigenvalue weighted by Gasteiger charge is 2.37. The summed E-state index contributed by atoms with van der Waals surface area (Å²) in [6.07, 6.45) is -0.528. The number of hydrogen-bond acceptors (Lipinski definition) is 3. The van der Waals surface area contributed by atoms with Gasteiger partial charge in [-0.3, -0.25) is 4.98 Å². The van der Waals surface area contributed by atoms with E-state index in [0.717, 1.165) is 41.3 Å². The molecule has 158 valence electrons. The van der Waals surface area contributed by atoms with E-state index in [4.69, 9.17) is 0 Å². The highest BCUT2D eigenvalue weighted by molar-refractivity contribution is 7.89. The van der Waals surface area contributed by atoms with Gasteiger partial charge in [0.15, 0.2) is 0 Å². The third-order valence-corrected chi connectivity index (χ3v) is 6.39. The maximum absolute atomic E-state index is 13.3. The van der Waals surface area contributed by atoms with E-state index in [1.807, 2.05) is 25.1 Å². The molecule has 3 aromatic rings. The number of nitrogens with zero attached hydrogens (tertiary/aromatic N) is 1. The number of pyridine rings is 1. The monoisotopic (exact) mass is 434 g/mol. The van der Waals surface area contributed by atoms with Gasteiger partial charge in [0.05, 0.1) is 10.5 Å². The van der Waals surface area contributed by atoms with Crippen LogP contribution in [0.4, 0.5) is 13.2 Å². The molecular weight excluding hydrogens is 413 g/mol. The molecule has 0 saturated carbocycles. The molecule has 0 saturated heterocycles. The summed E-state index contributed by atoms with van der Waals surface area (Å²) in [5.41, 5.74) is 2.35. The molecule has 8 heteroatoms. The lowest BCUT2D eigenvalue weighted by molar-refractivity contribution is -0.139. The lowest BCUT2D eigenvalue weighted by Crippen LogP contribution is -2.29. The molecule has 4 nitrogen and oxygen atoms in total. The lowest BCUT2D eigenvalue weighted by Gasteiger charge is -2.18. The van der Waals surface area contributed by atoms with Crippen molar-refractivity contribution in [1.82, 2.24) is 9.71 Å². The van der Waals surface area contributed by atoms with Gasteiger partial charge in [-0.2, -0.15) is 13.2 Å². The summed E-state index contributed by atoms with van der Waals surface area (Å²) in [6.45, 7) is 3.61. The van der Waals surface area contributed by atoms with E-state index >= 15 is 0 Å². The molecule has 2 aromatic carbocycles. The molecule has 1 aromatic heterocycles. The van der Waals surface area contributed by atoms with Gasteiger partial charge in [0.25, 0.3) is 0 Å². The zero-order valence-electron chi connectivity index (χ0n) is 16.4. The molecule has 1 heterocycles. The second-order valence-corrected chi connectivity index (χ2v) is 8.53. The minimum atomic E-state index is -4.77. The predicted octanol–water partition coefficient (Wildman–Crippen LogP) is 5.37. The van der Waals surface area contributed by atoms with E-state index in [1.165, 1.54) is 6.07 Å². The molecule has 0 amide bonds. The zero-order chi connectivity index (χ0) is 21.9. The Morgan fingerprint density at radius 1 is 1.07 bits per heavy atom. The Labute approximate surface area is 173 Å². The van der Waals surface area contributed by atoms with Gasteiger partial charge in [-0.05, 0) is 59.9 Å². The van der Waals surface area contributed by atoms with Crippen LogP contribution in [0.5, 0.6) is 0 Å². The number of aryl methyl sites for hydroxylation is 1. The SMILES string of the molecule is CCc1cnccc1-c1cccc([C@H](C)NS(=O)(=O)c2ccccc2C(F)(F)F)c1. The van der Waals surface area contributed by atoms with Crippen molar-refractivity contribution >= 4 is 10.0 Å². The first-order valence-corrected chi connectivity index (χ1v) is 10.8. The van der Waals surface area contributed by atoms with Crippen LogP contribution in [0.25, 0.3) is 11.1 Å². The number of halogens is 3. The maximum atomic E-state index is 13.3. The van der Waals surface area contributed by atoms with E-state index in [0.29, 0.717) is 5.56 Å². The third-order valence-electron chi connectivity index (χ3n) is 4.80. The number of sulfonamides is 1. The minimum Gasteiger partial charge on any atom is -0.264 e. The summed E-state index contributed by atoms with van der Waals surface area (Å²) in [5, 5.41) is 0. The largest absolute Gasteiger partial charge is 0.417 e. The number of rotatable bonds is 6.